The topological polar surface area (TPSA) is 55.1 Å². The molecule has 3 nitrogen and oxygen atoms in total. The largest absolute Gasteiger partial charge is 0.389 e. The van der Waals surface area contributed by atoms with E-state index in [1.54, 1.807) is 6.92 Å². The SMILES string of the molecule is CC(CCCC(F)(F)F)Nc1cc(C(N)=O)c(F)cc1F. The molecule has 0 spiro atoms. The number of nitrogens with one attached hydrogen (secondary N) is 1. The van der Waals surface area contributed by atoms with Gasteiger partial charge in [0.05, 0.1) is 11.3 Å². The molecule has 8 heteroatoms. The molecule has 0 aliphatic heterocycles. The van der Waals surface area contributed by atoms with Crippen molar-refractivity contribution in [3.8, 4) is 0 Å². The Morgan fingerprint density at radius 2 is 1.90 bits per heavy atom. The lowest BCUT2D eigenvalue weighted by molar-refractivity contribution is -0.135. The van der Waals surface area contributed by atoms with Gasteiger partial charge in [-0.2, -0.15) is 13.2 Å². The van der Waals surface area contributed by atoms with Gasteiger partial charge in [-0.1, -0.05) is 0 Å². The maximum Gasteiger partial charge on any atom is 0.389 e. The Bertz CT molecular complexity index is 516. The zero-order valence-corrected chi connectivity index (χ0v) is 11.2. The van der Waals surface area contributed by atoms with Gasteiger partial charge in [-0.25, -0.2) is 8.78 Å². The number of carbonyl (C=O) groups is 1. The number of primary amides is 1. The first-order valence-corrected chi connectivity index (χ1v) is 6.22. The number of anilines is 1. The number of benzene rings is 1. The van der Waals surface area contributed by atoms with Gasteiger partial charge in [0.1, 0.15) is 11.6 Å². The van der Waals surface area contributed by atoms with E-state index in [4.69, 9.17) is 5.73 Å². The van der Waals surface area contributed by atoms with Crippen molar-refractivity contribution >= 4 is 11.6 Å². The maximum atomic E-state index is 13.5. The second kappa shape index (κ2) is 6.73. The summed E-state index contributed by atoms with van der Waals surface area (Å²) in [5.41, 5.74) is 4.28. The van der Waals surface area contributed by atoms with E-state index in [-0.39, 0.29) is 18.5 Å². The van der Waals surface area contributed by atoms with Crippen molar-refractivity contribution in [1.82, 2.24) is 0 Å². The monoisotopic (exact) mass is 310 g/mol. The molecule has 0 fully saturated rings. The minimum Gasteiger partial charge on any atom is -0.380 e. The van der Waals surface area contributed by atoms with E-state index in [2.05, 4.69) is 5.32 Å². The van der Waals surface area contributed by atoms with Crippen LogP contribution in [0.15, 0.2) is 12.1 Å². The molecule has 1 aromatic carbocycles. The van der Waals surface area contributed by atoms with Crippen molar-refractivity contribution in [2.75, 3.05) is 5.32 Å². The number of carbonyl (C=O) groups excluding carboxylic acids is 1. The van der Waals surface area contributed by atoms with Crippen LogP contribution in [0.5, 0.6) is 0 Å². The fraction of sp³-hybridized carbons (Fsp3) is 0.462. The van der Waals surface area contributed by atoms with Crippen molar-refractivity contribution in [2.45, 2.75) is 38.4 Å². The van der Waals surface area contributed by atoms with Crippen LogP contribution < -0.4 is 11.1 Å². The van der Waals surface area contributed by atoms with Crippen molar-refractivity contribution in [2.24, 2.45) is 5.73 Å². The van der Waals surface area contributed by atoms with E-state index in [1.165, 1.54) is 0 Å². The van der Waals surface area contributed by atoms with Crippen molar-refractivity contribution < 1.29 is 26.7 Å². The summed E-state index contributed by atoms with van der Waals surface area (Å²) in [6.07, 6.45) is -5.15. The minimum absolute atomic E-state index is 0.122. The van der Waals surface area contributed by atoms with Crippen molar-refractivity contribution in [3.63, 3.8) is 0 Å². The van der Waals surface area contributed by atoms with Crippen LogP contribution >= 0.6 is 0 Å². The summed E-state index contributed by atoms with van der Waals surface area (Å²) in [6, 6.07) is 0.936. The van der Waals surface area contributed by atoms with Gasteiger partial charge >= 0.3 is 6.18 Å². The Hall–Kier alpha value is -1.86. The lowest BCUT2D eigenvalue weighted by atomic mass is 10.1. The van der Waals surface area contributed by atoms with Crippen LogP contribution in [0.3, 0.4) is 0 Å². The molecule has 0 radical (unpaired) electrons. The molecule has 0 aliphatic carbocycles. The first-order chi connectivity index (χ1) is 9.60. The Labute approximate surface area is 118 Å². The second-order valence-electron chi connectivity index (χ2n) is 4.73. The molecular weight excluding hydrogens is 295 g/mol. The highest BCUT2D eigenvalue weighted by atomic mass is 19.4. The summed E-state index contributed by atoms with van der Waals surface area (Å²) in [5.74, 6) is -3.09. The molecule has 0 aliphatic rings. The van der Waals surface area contributed by atoms with E-state index in [1.807, 2.05) is 0 Å². The van der Waals surface area contributed by atoms with E-state index < -0.39 is 41.7 Å². The van der Waals surface area contributed by atoms with E-state index in [9.17, 15) is 26.7 Å². The molecule has 3 N–H and O–H groups in total. The van der Waals surface area contributed by atoms with Crippen LogP contribution in [0.4, 0.5) is 27.6 Å². The van der Waals surface area contributed by atoms with Crippen LogP contribution in [0.25, 0.3) is 0 Å². The fourth-order valence-corrected chi connectivity index (χ4v) is 1.79. The third-order valence-corrected chi connectivity index (χ3v) is 2.82. The van der Waals surface area contributed by atoms with Crippen LogP contribution in [0.1, 0.15) is 36.5 Å². The number of halogens is 5. The van der Waals surface area contributed by atoms with Gasteiger partial charge in [0.2, 0.25) is 0 Å². The van der Waals surface area contributed by atoms with Gasteiger partial charge in [0.25, 0.3) is 5.91 Å². The Morgan fingerprint density at radius 3 is 2.43 bits per heavy atom. The molecule has 0 saturated heterocycles. The quantitative estimate of drug-likeness (QED) is 0.789. The molecule has 1 atom stereocenters. The van der Waals surface area contributed by atoms with Gasteiger partial charge in [0, 0.05) is 18.5 Å². The molecular formula is C13H15F5N2O. The van der Waals surface area contributed by atoms with Crippen LogP contribution in [0.2, 0.25) is 0 Å². The summed E-state index contributed by atoms with van der Waals surface area (Å²) in [4.78, 5) is 11.0. The number of nitrogens with two attached hydrogens (primary N) is 1. The zero-order valence-electron chi connectivity index (χ0n) is 11.2. The fourth-order valence-electron chi connectivity index (χ4n) is 1.79. The molecule has 0 saturated carbocycles. The first-order valence-electron chi connectivity index (χ1n) is 6.22. The van der Waals surface area contributed by atoms with Gasteiger partial charge in [-0.05, 0) is 25.8 Å². The lowest BCUT2D eigenvalue weighted by Gasteiger charge is -2.17. The van der Waals surface area contributed by atoms with Gasteiger partial charge < -0.3 is 11.1 Å². The van der Waals surface area contributed by atoms with Crippen molar-refractivity contribution in [1.29, 1.82) is 0 Å². The average molecular weight is 310 g/mol. The predicted octanol–water partition coefficient (Wildman–Crippen LogP) is 3.60. The van der Waals surface area contributed by atoms with Crippen LogP contribution in [-0.2, 0) is 0 Å². The maximum absolute atomic E-state index is 13.5. The number of alkyl halides is 3. The van der Waals surface area contributed by atoms with E-state index in [0.717, 1.165) is 6.07 Å². The van der Waals surface area contributed by atoms with Crippen molar-refractivity contribution in [3.05, 3.63) is 29.3 Å². The number of amides is 1. The zero-order chi connectivity index (χ0) is 16.2. The molecule has 1 rings (SSSR count). The lowest BCUT2D eigenvalue weighted by Crippen LogP contribution is -2.19. The Kier molecular flexibility index (Phi) is 5.51. The van der Waals surface area contributed by atoms with Crippen LogP contribution in [0, 0.1) is 11.6 Å². The smallest absolute Gasteiger partial charge is 0.380 e. The number of hydrogen-bond acceptors (Lipinski definition) is 2. The molecule has 0 heterocycles. The minimum atomic E-state index is -4.24. The third kappa shape index (κ3) is 5.57. The highest BCUT2D eigenvalue weighted by molar-refractivity contribution is 5.94. The normalized spacial score (nSPS) is 13.0. The summed E-state index contributed by atoms with van der Waals surface area (Å²) in [6.45, 7) is 1.56. The van der Waals surface area contributed by atoms with Gasteiger partial charge in [0.15, 0.2) is 0 Å². The Balaban J connectivity index is 2.70. The van der Waals surface area contributed by atoms with Gasteiger partial charge in [-0.15, -0.1) is 0 Å². The second-order valence-corrected chi connectivity index (χ2v) is 4.73. The van der Waals surface area contributed by atoms with E-state index >= 15 is 0 Å². The number of hydrogen-bond donors (Lipinski definition) is 2. The molecule has 0 bridgehead atoms. The molecule has 1 aromatic rings. The summed E-state index contributed by atoms with van der Waals surface area (Å²) in [7, 11) is 0. The molecule has 1 unspecified atom stereocenters. The predicted molar refractivity (Wildman–Crippen MR) is 67.9 cm³/mol. The standard InChI is InChI=1S/C13H15F5N2O/c1-7(3-2-4-13(16,17)18)20-11-5-8(12(19)21)9(14)6-10(11)15/h5-7,20H,2-4H2,1H3,(H2,19,21). The molecule has 1 amide bonds. The van der Waals surface area contributed by atoms with E-state index in [0.29, 0.717) is 6.07 Å². The summed E-state index contributed by atoms with van der Waals surface area (Å²) < 4.78 is 62.8. The first kappa shape index (κ1) is 17.2. The summed E-state index contributed by atoms with van der Waals surface area (Å²) in [5, 5.41) is 2.60. The summed E-state index contributed by atoms with van der Waals surface area (Å²) >= 11 is 0. The molecule has 118 valence electrons. The highest BCUT2D eigenvalue weighted by Gasteiger charge is 2.26. The average Bonchev–Trinajstić information content (AvgIpc) is 2.30. The Morgan fingerprint density at radius 1 is 1.29 bits per heavy atom. The molecule has 0 aromatic heterocycles. The number of rotatable bonds is 6. The van der Waals surface area contributed by atoms with Crippen LogP contribution in [-0.4, -0.2) is 18.1 Å². The van der Waals surface area contributed by atoms with Gasteiger partial charge in [-0.3, -0.25) is 4.79 Å². The third-order valence-electron chi connectivity index (χ3n) is 2.82. The highest BCUT2D eigenvalue weighted by Crippen LogP contribution is 2.24. The molecule has 21 heavy (non-hydrogen) atoms.